The summed E-state index contributed by atoms with van der Waals surface area (Å²) in [7, 11) is 0. The zero-order valence-corrected chi connectivity index (χ0v) is 8.19. The van der Waals surface area contributed by atoms with Gasteiger partial charge in [0.15, 0.2) is 0 Å². The number of aromatic amines is 1. The normalized spacial score (nSPS) is 10.5. The van der Waals surface area contributed by atoms with Crippen LogP contribution in [0.2, 0.25) is 0 Å². The summed E-state index contributed by atoms with van der Waals surface area (Å²) in [6.07, 6.45) is 6.20. The Balaban J connectivity index is 2.41. The third-order valence-corrected chi connectivity index (χ3v) is 2.13. The number of aromatic nitrogens is 1. The van der Waals surface area contributed by atoms with Crippen molar-refractivity contribution in [2.45, 2.75) is 46.0 Å². The first-order chi connectivity index (χ1) is 5.86. The molecule has 0 atom stereocenters. The van der Waals surface area contributed by atoms with Crippen LogP contribution in [0, 0.1) is 0 Å². The lowest BCUT2D eigenvalue weighted by Gasteiger charge is -1.95. The highest BCUT2D eigenvalue weighted by molar-refractivity contribution is 5.13. The van der Waals surface area contributed by atoms with E-state index >= 15 is 0 Å². The fourth-order valence-electron chi connectivity index (χ4n) is 1.42. The summed E-state index contributed by atoms with van der Waals surface area (Å²) in [5.74, 6) is 0. The number of hydrogen-bond acceptors (Lipinski definition) is 0. The Kier molecular flexibility index (Phi) is 3.92. The van der Waals surface area contributed by atoms with Gasteiger partial charge in [-0.2, -0.15) is 0 Å². The molecule has 1 aromatic rings. The van der Waals surface area contributed by atoms with Gasteiger partial charge in [-0.25, -0.2) is 0 Å². The highest BCUT2D eigenvalue weighted by Crippen LogP contribution is 2.07. The number of hydrogen-bond donors (Lipinski definition) is 1. The topological polar surface area (TPSA) is 15.8 Å². The van der Waals surface area contributed by atoms with Crippen molar-refractivity contribution in [2.24, 2.45) is 0 Å². The van der Waals surface area contributed by atoms with Crippen LogP contribution < -0.4 is 0 Å². The second-order valence-corrected chi connectivity index (χ2v) is 3.36. The Bertz CT molecular complexity index is 213. The number of aryl methyl sites for hydroxylation is 2. The van der Waals surface area contributed by atoms with Gasteiger partial charge in [0, 0.05) is 11.4 Å². The van der Waals surface area contributed by atoms with E-state index in [1.165, 1.54) is 43.5 Å². The summed E-state index contributed by atoms with van der Waals surface area (Å²) >= 11 is 0. The molecule has 12 heavy (non-hydrogen) atoms. The lowest BCUT2D eigenvalue weighted by molar-refractivity contribution is 0.774. The molecule has 0 radical (unpaired) electrons. The molecule has 0 unspecified atom stereocenters. The van der Waals surface area contributed by atoms with Gasteiger partial charge in [-0.1, -0.05) is 26.7 Å². The van der Waals surface area contributed by atoms with Gasteiger partial charge < -0.3 is 4.98 Å². The molecule has 0 amide bonds. The van der Waals surface area contributed by atoms with Crippen LogP contribution in [0.3, 0.4) is 0 Å². The summed E-state index contributed by atoms with van der Waals surface area (Å²) in [6, 6.07) is 4.44. The molecule has 1 rings (SSSR count). The molecular weight excluding hydrogens is 146 g/mol. The van der Waals surface area contributed by atoms with Crippen LogP contribution in [0.1, 0.15) is 44.5 Å². The third kappa shape index (κ3) is 2.72. The van der Waals surface area contributed by atoms with Crippen LogP contribution in [-0.2, 0) is 12.8 Å². The van der Waals surface area contributed by atoms with Crippen molar-refractivity contribution in [1.29, 1.82) is 0 Å². The molecule has 1 nitrogen and oxygen atoms in total. The van der Waals surface area contributed by atoms with E-state index in [4.69, 9.17) is 0 Å². The molecule has 0 saturated heterocycles. The molecule has 1 heteroatoms. The van der Waals surface area contributed by atoms with Gasteiger partial charge in [0.05, 0.1) is 0 Å². The first kappa shape index (κ1) is 9.37. The Labute approximate surface area is 75.2 Å². The van der Waals surface area contributed by atoms with Crippen LogP contribution in [0.15, 0.2) is 12.1 Å². The Morgan fingerprint density at radius 3 is 2.25 bits per heavy atom. The monoisotopic (exact) mass is 165 g/mol. The zero-order chi connectivity index (χ0) is 8.81. The van der Waals surface area contributed by atoms with E-state index in [-0.39, 0.29) is 0 Å². The second kappa shape index (κ2) is 5.02. The molecule has 0 spiro atoms. The quantitative estimate of drug-likeness (QED) is 0.689. The summed E-state index contributed by atoms with van der Waals surface area (Å²) in [5, 5.41) is 0. The summed E-state index contributed by atoms with van der Waals surface area (Å²) in [4.78, 5) is 3.45. The minimum Gasteiger partial charge on any atom is -0.362 e. The van der Waals surface area contributed by atoms with E-state index in [2.05, 4.69) is 31.0 Å². The molecule has 1 N–H and O–H groups in total. The van der Waals surface area contributed by atoms with Gasteiger partial charge in [-0.05, 0) is 31.4 Å². The van der Waals surface area contributed by atoms with E-state index in [0.717, 1.165) is 0 Å². The highest BCUT2D eigenvalue weighted by Gasteiger charge is 1.96. The minimum atomic E-state index is 1.19. The van der Waals surface area contributed by atoms with E-state index < -0.39 is 0 Å². The average Bonchev–Trinajstić information content (AvgIpc) is 2.50. The number of rotatable bonds is 5. The SMILES string of the molecule is CCCCc1ccc(CCC)[nH]1. The smallest absolute Gasteiger partial charge is 0.0149 e. The van der Waals surface area contributed by atoms with Gasteiger partial charge in [-0.3, -0.25) is 0 Å². The van der Waals surface area contributed by atoms with Crippen molar-refractivity contribution in [1.82, 2.24) is 4.98 Å². The fourth-order valence-corrected chi connectivity index (χ4v) is 1.42. The molecule has 0 bridgehead atoms. The molecular formula is C11H19N. The number of H-pyrrole nitrogens is 1. The maximum Gasteiger partial charge on any atom is 0.0149 e. The van der Waals surface area contributed by atoms with Crippen molar-refractivity contribution in [3.8, 4) is 0 Å². The van der Waals surface area contributed by atoms with Gasteiger partial charge >= 0.3 is 0 Å². The first-order valence-corrected chi connectivity index (χ1v) is 5.03. The summed E-state index contributed by atoms with van der Waals surface area (Å²) < 4.78 is 0. The van der Waals surface area contributed by atoms with Crippen LogP contribution in [-0.4, -0.2) is 4.98 Å². The third-order valence-electron chi connectivity index (χ3n) is 2.13. The van der Waals surface area contributed by atoms with Gasteiger partial charge in [0.25, 0.3) is 0 Å². The van der Waals surface area contributed by atoms with Crippen molar-refractivity contribution < 1.29 is 0 Å². The molecule has 0 saturated carbocycles. The molecule has 0 aliphatic carbocycles. The molecule has 0 aromatic carbocycles. The Morgan fingerprint density at radius 1 is 1.00 bits per heavy atom. The predicted molar refractivity (Wildman–Crippen MR) is 53.4 cm³/mol. The first-order valence-electron chi connectivity index (χ1n) is 5.03. The predicted octanol–water partition coefficient (Wildman–Crippen LogP) is 3.31. The van der Waals surface area contributed by atoms with Gasteiger partial charge in [0.2, 0.25) is 0 Å². The Morgan fingerprint density at radius 2 is 1.67 bits per heavy atom. The maximum absolute atomic E-state index is 3.45. The molecule has 1 aromatic heterocycles. The zero-order valence-electron chi connectivity index (χ0n) is 8.19. The van der Waals surface area contributed by atoms with Crippen LogP contribution in [0.5, 0.6) is 0 Å². The summed E-state index contributed by atoms with van der Waals surface area (Å²) in [5.41, 5.74) is 2.80. The number of nitrogens with one attached hydrogen (secondary N) is 1. The highest BCUT2D eigenvalue weighted by atomic mass is 14.7. The lowest BCUT2D eigenvalue weighted by atomic mass is 10.2. The minimum absolute atomic E-state index is 1.19. The Hall–Kier alpha value is -0.720. The summed E-state index contributed by atoms with van der Waals surface area (Å²) in [6.45, 7) is 4.45. The molecule has 0 fully saturated rings. The lowest BCUT2D eigenvalue weighted by Crippen LogP contribution is -1.86. The van der Waals surface area contributed by atoms with E-state index in [9.17, 15) is 0 Å². The number of unbranched alkanes of at least 4 members (excludes halogenated alkanes) is 1. The molecule has 68 valence electrons. The average molecular weight is 165 g/mol. The van der Waals surface area contributed by atoms with E-state index in [1.807, 2.05) is 0 Å². The van der Waals surface area contributed by atoms with Crippen molar-refractivity contribution in [3.63, 3.8) is 0 Å². The molecule has 0 aliphatic rings. The van der Waals surface area contributed by atoms with E-state index in [1.54, 1.807) is 0 Å². The van der Waals surface area contributed by atoms with Crippen molar-refractivity contribution >= 4 is 0 Å². The largest absolute Gasteiger partial charge is 0.362 e. The molecule has 0 aliphatic heterocycles. The van der Waals surface area contributed by atoms with Gasteiger partial charge in [0.1, 0.15) is 0 Å². The van der Waals surface area contributed by atoms with E-state index in [0.29, 0.717) is 0 Å². The van der Waals surface area contributed by atoms with Crippen molar-refractivity contribution in [2.75, 3.05) is 0 Å². The fraction of sp³-hybridized carbons (Fsp3) is 0.636. The second-order valence-electron chi connectivity index (χ2n) is 3.36. The maximum atomic E-state index is 3.45. The van der Waals surface area contributed by atoms with Gasteiger partial charge in [-0.15, -0.1) is 0 Å². The van der Waals surface area contributed by atoms with Crippen LogP contribution in [0.25, 0.3) is 0 Å². The van der Waals surface area contributed by atoms with Crippen molar-refractivity contribution in [3.05, 3.63) is 23.5 Å². The van der Waals surface area contributed by atoms with Crippen LogP contribution in [0.4, 0.5) is 0 Å². The standard InChI is InChI=1S/C11H19N/c1-3-5-7-11-9-8-10(12-11)6-4-2/h8-9,12H,3-7H2,1-2H3. The molecule has 1 heterocycles. The van der Waals surface area contributed by atoms with Crippen LogP contribution >= 0.6 is 0 Å².